The van der Waals surface area contributed by atoms with Gasteiger partial charge in [-0.3, -0.25) is 9.59 Å². The summed E-state index contributed by atoms with van der Waals surface area (Å²) < 4.78 is 0. The molecule has 0 aromatic heterocycles. The van der Waals surface area contributed by atoms with Gasteiger partial charge in [0.25, 0.3) is 0 Å². The zero-order chi connectivity index (χ0) is 15.4. The van der Waals surface area contributed by atoms with E-state index in [1.165, 1.54) is 0 Å². The van der Waals surface area contributed by atoms with Crippen LogP contribution < -0.4 is 0 Å². The highest BCUT2D eigenvalue weighted by atomic mass is 35.5. The first-order valence-electron chi connectivity index (χ1n) is 6.91. The Balaban J connectivity index is 1.83. The number of hydrogen-bond acceptors (Lipinski definition) is 3. The zero-order valence-corrected chi connectivity index (χ0v) is 13.0. The van der Waals surface area contributed by atoms with Gasteiger partial charge in [0.05, 0.1) is 10.9 Å². The van der Waals surface area contributed by atoms with Crippen LogP contribution in [0.1, 0.15) is 29.6 Å². The fourth-order valence-corrected chi connectivity index (χ4v) is 3.03. The molecule has 0 unspecified atom stereocenters. The minimum absolute atomic E-state index is 0.0166. The largest absolute Gasteiger partial charge is 0.481 e. The first-order chi connectivity index (χ1) is 9.97. The molecule has 0 atom stereocenters. The smallest absolute Gasteiger partial charge is 0.306 e. The number of carbonyl (C=O) groups is 2. The maximum atomic E-state index is 12.1. The van der Waals surface area contributed by atoms with Crippen LogP contribution in [0.15, 0.2) is 18.2 Å². The number of piperidine rings is 1. The minimum Gasteiger partial charge on any atom is -0.481 e. The van der Waals surface area contributed by atoms with Gasteiger partial charge >= 0.3 is 5.97 Å². The summed E-state index contributed by atoms with van der Waals surface area (Å²) in [5.74, 6) is -0.988. The Hall–Kier alpha value is -1.10. The number of carbonyl (C=O) groups excluding carboxylic acids is 1. The number of aliphatic carboxylic acids is 1. The molecule has 114 valence electrons. The molecular weight excluding hydrogens is 313 g/mol. The zero-order valence-electron chi connectivity index (χ0n) is 11.5. The van der Waals surface area contributed by atoms with E-state index in [9.17, 15) is 9.59 Å². The lowest BCUT2D eigenvalue weighted by molar-refractivity contribution is -0.143. The van der Waals surface area contributed by atoms with Crippen LogP contribution in [0.5, 0.6) is 0 Å². The quantitative estimate of drug-likeness (QED) is 0.841. The molecule has 0 spiro atoms. The monoisotopic (exact) mass is 329 g/mol. The van der Waals surface area contributed by atoms with Crippen molar-refractivity contribution in [1.29, 1.82) is 0 Å². The van der Waals surface area contributed by atoms with Gasteiger partial charge in [-0.1, -0.05) is 23.2 Å². The molecule has 1 aromatic carbocycles. The number of halogens is 2. The summed E-state index contributed by atoms with van der Waals surface area (Å²) >= 11 is 11.8. The van der Waals surface area contributed by atoms with E-state index in [-0.39, 0.29) is 11.7 Å². The van der Waals surface area contributed by atoms with Gasteiger partial charge in [0.1, 0.15) is 0 Å². The van der Waals surface area contributed by atoms with E-state index in [0.29, 0.717) is 41.4 Å². The maximum Gasteiger partial charge on any atom is 0.306 e. The van der Waals surface area contributed by atoms with Crippen molar-refractivity contribution in [2.45, 2.75) is 19.3 Å². The van der Waals surface area contributed by atoms with E-state index >= 15 is 0 Å². The number of carboxylic acids is 1. The molecule has 1 fully saturated rings. The van der Waals surface area contributed by atoms with Crippen LogP contribution in [0.4, 0.5) is 0 Å². The Kier molecular flexibility index (Phi) is 5.62. The third-order valence-corrected chi connectivity index (χ3v) is 4.37. The van der Waals surface area contributed by atoms with Crippen LogP contribution in [0, 0.1) is 5.92 Å². The lowest BCUT2D eigenvalue weighted by Crippen LogP contribution is -2.37. The fourth-order valence-electron chi connectivity index (χ4n) is 2.51. The van der Waals surface area contributed by atoms with Gasteiger partial charge in [-0.2, -0.15) is 0 Å². The summed E-state index contributed by atoms with van der Waals surface area (Å²) in [4.78, 5) is 25.1. The lowest BCUT2D eigenvalue weighted by Gasteiger charge is -2.29. The molecule has 2 rings (SSSR count). The molecule has 1 saturated heterocycles. The normalized spacial score (nSPS) is 16.9. The highest BCUT2D eigenvalue weighted by Crippen LogP contribution is 2.23. The molecule has 1 heterocycles. The van der Waals surface area contributed by atoms with Crippen molar-refractivity contribution in [2.24, 2.45) is 5.92 Å². The van der Waals surface area contributed by atoms with E-state index in [1.54, 1.807) is 18.2 Å². The molecule has 0 saturated carbocycles. The van der Waals surface area contributed by atoms with Gasteiger partial charge in [0, 0.05) is 23.6 Å². The number of hydrogen-bond donors (Lipinski definition) is 1. The number of rotatable bonds is 5. The van der Waals surface area contributed by atoms with E-state index in [0.717, 1.165) is 13.1 Å². The predicted molar refractivity (Wildman–Crippen MR) is 82.2 cm³/mol. The van der Waals surface area contributed by atoms with Gasteiger partial charge in [-0.15, -0.1) is 0 Å². The molecule has 0 aliphatic carbocycles. The Morgan fingerprint density at radius 1 is 1.24 bits per heavy atom. The molecular formula is C15H17Cl2NO3. The first kappa shape index (κ1) is 16.3. The fraction of sp³-hybridized carbons (Fsp3) is 0.467. The van der Waals surface area contributed by atoms with E-state index in [4.69, 9.17) is 28.3 Å². The van der Waals surface area contributed by atoms with Crippen LogP contribution in [0.2, 0.25) is 10.0 Å². The molecule has 1 aliphatic rings. The Labute approximate surface area is 133 Å². The van der Waals surface area contributed by atoms with Crippen LogP contribution in [0.3, 0.4) is 0 Å². The second kappa shape index (κ2) is 7.25. The molecule has 0 bridgehead atoms. The van der Waals surface area contributed by atoms with Crippen molar-refractivity contribution < 1.29 is 14.7 Å². The summed E-state index contributed by atoms with van der Waals surface area (Å²) in [6.45, 7) is 2.07. The predicted octanol–water partition coefficient (Wildman–Crippen LogP) is 3.36. The molecule has 0 radical (unpaired) electrons. The number of nitrogens with zero attached hydrogens (tertiary/aromatic N) is 1. The average molecular weight is 330 g/mol. The van der Waals surface area contributed by atoms with Crippen LogP contribution >= 0.6 is 23.2 Å². The van der Waals surface area contributed by atoms with Crippen molar-refractivity contribution in [1.82, 2.24) is 4.90 Å². The summed E-state index contributed by atoms with van der Waals surface area (Å²) in [7, 11) is 0. The highest BCUT2D eigenvalue weighted by molar-refractivity contribution is 6.36. The second-order valence-electron chi connectivity index (χ2n) is 5.25. The van der Waals surface area contributed by atoms with Gasteiger partial charge in [-0.05, 0) is 44.1 Å². The lowest BCUT2D eigenvalue weighted by atomic mass is 9.97. The van der Waals surface area contributed by atoms with Gasteiger partial charge in [0.2, 0.25) is 0 Å². The minimum atomic E-state index is -0.723. The summed E-state index contributed by atoms with van der Waals surface area (Å²) in [5.41, 5.74) is 0.487. The summed E-state index contributed by atoms with van der Waals surface area (Å²) in [6, 6.07) is 4.86. The van der Waals surface area contributed by atoms with E-state index < -0.39 is 5.97 Å². The number of Topliss-reactive ketones (excluding diaryl/α,β-unsaturated/α-hetero) is 1. The Morgan fingerprint density at radius 2 is 1.90 bits per heavy atom. The molecule has 1 aliphatic heterocycles. The van der Waals surface area contributed by atoms with E-state index in [1.807, 2.05) is 0 Å². The Morgan fingerprint density at radius 3 is 2.48 bits per heavy atom. The van der Waals surface area contributed by atoms with Gasteiger partial charge < -0.3 is 10.0 Å². The molecule has 6 heteroatoms. The van der Waals surface area contributed by atoms with Gasteiger partial charge in [0.15, 0.2) is 5.78 Å². The summed E-state index contributed by atoms with van der Waals surface area (Å²) in [6.07, 6.45) is 1.66. The standard InChI is InChI=1S/C15H17Cl2NO3/c16-11-1-2-12(13(17)9-11)14(19)5-8-18-6-3-10(4-7-18)15(20)21/h1-2,9-10H,3-8H2,(H,20,21). The number of carboxylic acid groups (broad SMARTS) is 1. The maximum absolute atomic E-state index is 12.1. The molecule has 1 aromatic rings. The number of benzene rings is 1. The Bertz CT molecular complexity index is 540. The number of ketones is 1. The third kappa shape index (κ3) is 4.43. The highest BCUT2D eigenvalue weighted by Gasteiger charge is 2.24. The first-order valence-corrected chi connectivity index (χ1v) is 7.66. The third-order valence-electron chi connectivity index (χ3n) is 3.82. The average Bonchev–Trinajstić information content (AvgIpc) is 2.45. The van der Waals surface area contributed by atoms with Crippen molar-refractivity contribution in [3.8, 4) is 0 Å². The molecule has 1 N–H and O–H groups in total. The van der Waals surface area contributed by atoms with Crippen molar-refractivity contribution in [3.05, 3.63) is 33.8 Å². The molecule has 4 nitrogen and oxygen atoms in total. The SMILES string of the molecule is O=C(CCN1CCC(C(=O)O)CC1)c1ccc(Cl)cc1Cl. The number of likely N-dealkylation sites (tertiary alicyclic amines) is 1. The second-order valence-corrected chi connectivity index (χ2v) is 6.10. The van der Waals surface area contributed by atoms with Crippen molar-refractivity contribution in [3.63, 3.8) is 0 Å². The van der Waals surface area contributed by atoms with Crippen LogP contribution in [0.25, 0.3) is 0 Å². The topological polar surface area (TPSA) is 57.6 Å². The molecule has 21 heavy (non-hydrogen) atoms. The van der Waals surface area contributed by atoms with Crippen LogP contribution in [-0.4, -0.2) is 41.4 Å². The van der Waals surface area contributed by atoms with Crippen molar-refractivity contribution >= 4 is 35.0 Å². The summed E-state index contributed by atoms with van der Waals surface area (Å²) in [5, 5.41) is 9.83. The molecule has 0 amide bonds. The van der Waals surface area contributed by atoms with Crippen LogP contribution in [-0.2, 0) is 4.79 Å². The van der Waals surface area contributed by atoms with Gasteiger partial charge in [-0.25, -0.2) is 0 Å². The van der Waals surface area contributed by atoms with Crippen molar-refractivity contribution in [2.75, 3.05) is 19.6 Å². The van der Waals surface area contributed by atoms with E-state index in [2.05, 4.69) is 4.90 Å².